The van der Waals surface area contributed by atoms with Crippen molar-refractivity contribution in [3.8, 4) is 0 Å². The number of carbonyl (C=O) groups is 3. The van der Waals surface area contributed by atoms with Gasteiger partial charge in [-0.1, -0.05) is 45.0 Å². The fourth-order valence-corrected chi connectivity index (χ4v) is 1.83. The zero-order valence-corrected chi connectivity index (χ0v) is 14.1. The van der Waals surface area contributed by atoms with Gasteiger partial charge in [0.25, 0.3) is 5.91 Å². The Hall–Kier alpha value is -2.37. The maximum atomic E-state index is 11.6. The van der Waals surface area contributed by atoms with Crippen LogP contribution in [0.25, 0.3) is 0 Å². The highest BCUT2D eigenvalue weighted by Gasteiger charge is 2.13. The molecular weight excluding hydrogens is 296 g/mol. The number of ether oxygens (including phenoxy) is 1. The highest BCUT2D eigenvalue weighted by molar-refractivity contribution is 5.83. The maximum Gasteiger partial charge on any atom is 0.306 e. The Kier molecular flexibility index (Phi) is 6.75. The molecule has 2 N–H and O–H groups in total. The molecular formula is C17H24N2O4. The average Bonchev–Trinajstić information content (AvgIpc) is 2.48. The molecule has 0 aliphatic rings. The smallest absolute Gasteiger partial charge is 0.306 e. The normalized spacial score (nSPS) is 10.8. The average molecular weight is 320 g/mol. The summed E-state index contributed by atoms with van der Waals surface area (Å²) in [6.07, 6.45) is 0.749. The van der Waals surface area contributed by atoms with Crippen LogP contribution in [0.2, 0.25) is 0 Å². The summed E-state index contributed by atoms with van der Waals surface area (Å²) in [6.45, 7) is 7.28. The molecule has 0 atom stereocenters. The van der Waals surface area contributed by atoms with Crippen molar-refractivity contribution in [1.82, 2.24) is 10.9 Å². The van der Waals surface area contributed by atoms with Crippen molar-refractivity contribution in [2.24, 2.45) is 0 Å². The van der Waals surface area contributed by atoms with Gasteiger partial charge in [-0.05, 0) is 23.0 Å². The summed E-state index contributed by atoms with van der Waals surface area (Å²) >= 11 is 0. The van der Waals surface area contributed by atoms with E-state index < -0.39 is 24.4 Å². The van der Waals surface area contributed by atoms with Crippen LogP contribution in [0.1, 0.15) is 45.2 Å². The fraction of sp³-hybridized carbons (Fsp3) is 0.471. The number of hydrazine groups is 1. The monoisotopic (exact) mass is 320 g/mol. The van der Waals surface area contributed by atoms with Gasteiger partial charge < -0.3 is 4.74 Å². The van der Waals surface area contributed by atoms with Crippen LogP contribution in [0, 0.1) is 0 Å². The Morgan fingerprint density at radius 1 is 1.04 bits per heavy atom. The Bertz CT molecular complexity index is 559. The van der Waals surface area contributed by atoms with Crippen LogP contribution in [0.5, 0.6) is 0 Å². The van der Waals surface area contributed by atoms with Crippen LogP contribution in [0.15, 0.2) is 24.3 Å². The largest absolute Gasteiger partial charge is 0.455 e. The standard InChI is InChI=1S/C17H24N2O4/c1-12(20)18-19-15(21)11-23-16(22)10-7-13-5-8-14(9-6-13)17(2,3)4/h5-6,8-9H,7,10-11H2,1-4H3,(H,18,20)(H,19,21). The van der Waals surface area contributed by atoms with Gasteiger partial charge in [-0.2, -0.15) is 0 Å². The molecule has 0 unspecified atom stereocenters. The van der Waals surface area contributed by atoms with E-state index in [2.05, 4.69) is 43.8 Å². The lowest BCUT2D eigenvalue weighted by Gasteiger charge is -2.19. The van der Waals surface area contributed by atoms with E-state index in [-0.39, 0.29) is 11.8 Å². The molecule has 0 saturated heterocycles. The predicted octanol–water partition coefficient (Wildman–Crippen LogP) is 1.63. The van der Waals surface area contributed by atoms with Gasteiger partial charge in [-0.3, -0.25) is 25.2 Å². The molecule has 0 aromatic heterocycles. The molecule has 126 valence electrons. The van der Waals surface area contributed by atoms with Gasteiger partial charge in [0.2, 0.25) is 5.91 Å². The van der Waals surface area contributed by atoms with Gasteiger partial charge in [0.05, 0.1) is 0 Å². The van der Waals surface area contributed by atoms with Crippen molar-refractivity contribution in [3.05, 3.63) is 35.4 Å². The molecule has 1 aromatic carbocycles. The van der Waals surface area contributed by atoms with Crippen LogP contribution in [-0.2, 0) is 31.0 Å². The third kappa shape index (κ3) is 7.44. The van der Waals surface area contributed by atoms with Crippen molar-refractivity contribution < 1.29 is 19.1 Å². The molecule has 23 heavy (non-hydrogen) atoms. The molecule has 0 aliphatic heterocycles. The molecule has 0 spiro atoms. The number of nitrogens with one attached hydrogen (secondary N) is 2. The van der Waals surface area contributed by atoms with E-state index in [1.807, 2.05) is 12.1 Å². The number of amides is 2. The van der Waals surface area contributed by atoms with Gasteiger partial charge in [0.15, 0.2) is 6.61 Å². The van der Waals surface area contributed by atoms with E-state index in [0.717, 1.165) is 5.56 Å². The van der Waals surface area contributed by atoms with Crippen LogP contribution in [-0.4, -0.2) is 24.4 Å². The van der Waals surface area contributed by atoms with Crippen molar-refractivity contribution in [3.63, 3.8) is 0 Å². The van der Waals surface area contributed by atoms with Crippen LogP contribution in [0.4, 0.5) is 0 Å². The van der Waals surface area contributed by atoms with Crippen LogP contribution >= 0.6 is 0 Å². The summed E-state index contributed by atoms with van der Waals surface area (Å²) in [5.74, 6) is -1.44. The van der Waals surface area contributed by atoms with Gasteiger partial charge in [-0.15, -0.1) is 0 Å². The van der Waals surface area contributed by atoms with Crippen LogP contribution < -0.4 is 10.9 Å². The summed E-state index contributed by atoms with van der Waals surface area (Å²) in [7, 11) is 0. The van der Waals surface area contributed by atoms with Gasteiger partial charge in [-0.25, -0.2) is 0 Å². The molecule has 2 amide bonds. The van der Waals surface area contributed by atoms with Gasteiger partial charge in [0.1, 0.15) is 0 Å². The molecule has 6 heteroatoms. The van der Waals surface area contributed by atoms with Crippen molar-refractivity contribution in [1.29, 1.82) is 0 Å². The summed E-state index contributed by atoms with van der Waals surface area (Å²) in [4.78, 5) is 33.4. The first-order chi connectivity index (χ1) is 10.7. The number of aryl methyl sites for hydroxylation is 1. The lowest BCUT2D eigenvalue weighted by Crippen LogP contribution is -2.42. The second-order valence-corrected chi connectivity index (χ2v) is 6.34. The zero-order valence-electron chi connectivity index (χ0n) is 14.1. The zero-order chi connectivity index (χ0) is 17.5. The minimum Gasteiger partial charge on any atom is -0.455 e. The van der Waals surface area contributed by atoms with Crippen LogP contribution in [0.3, 0.4) is 0 Å². The van der Waals surface area contributed by atoms with E-state index in [4.69, 9.17) is 4.74 Å². The summed E-state index contributed by atoms with van der Waals surface area (Å²) in [6, 6.07) is 8.11. The maximum absolute atomic E-state index is 11.6. The molecule has 1 aromatic rings. The number of rotatable bonds is 5. The number of esters is 1. The first kappa shape index (κ1) is 18.7. The highest BCUT2D eigenvalue weighted by Crippen LogP contribution is 2.22. The molecule has 0 bridgehead atoms. The number of benzene rings is 1. The first-order valence-corrected chi connectivity index (χ1v) is 7.49. The Labute approximate surface area is 136 Å². The number of carbonyl (C=O) groups excluding carboxylic acids is 3. The summed E-state index contributed by atoms with van der Waals surface area (Å²) < 4.78 is 4.83. The lowest BCUT2D eigenvalue weighted by atomic mass is 9.86. The molecule has 6 nitrogen and oxygen atoms in total. The van der Waals surface area contributed by atoms with E-state index in [1.165, 1.54) is 12.5 Å². The molecule has 1 rings (SSSR count). The summed E-state index contributed by atoms with van der Waals surface area (Å²) in [5.41, 5.74) is 6.60. The molecule has 0 aliphatic carbocycles. The van der Waals surface area contributed by atoms with Crippen molar-refractivity contribution in [2.45, 2.75) is 46.0 Å². The van der Waals surface area contributed by atoms with E-state index in [9.17, 15) is 14.4 Å². The highest BCUT2D eigenvalue weighted by atomic mass is 16.5. The summed E-state index contributed by atoms with van der Waals surface area (Å²) in [5, 5.41) is 0. The topological polar surface area (TPSA) is 84.5 Å². The second kappa shape index (κ2) is 8.31. The molecule has 0 fully saturated rings. The minimum atomic E-state index is -0.580. The van der Waals surface area contributed by atoms with Gasteiger partial charge >= 0.3 is 5.97 Å². The fourth-order valence-electron chi connectivity index (χ4n) is 1.83. The molecule has 0 saturated carbocycles. The SMILES string of the molecule is CC(=O)NNC(=O)COC(=O)CCc1ccc(C(C)(C)C)cc1. The number of hydrogen-bond donors (Lipinski definition) is 2. The predicted molar refractivity (Wildman–Crippen MR) is 86.4 cm³/mol. The first-order valence-electron chi connectivity index (χ1n) is 7.49. The Morgan fingerprint density at radius 3 is 2.17 bits per heavy atom. The molecule has 0 heterocycles. The quantitative estimate of drug-likeness (QED) is 0.638. The Balaban J connectivity index is 2.33. The van der Waals surface area contributed by atoms with Gasteiger partial charge in [0, 0.05) is 13.3 Å². The Morgan fingerprint density at radius 2 is 1.65 bits per heavy atom. The van der Waals surface area contributed by atoms with Crippen molar-refractivity contribution in [2.75, 3.05) is 6.61 Å². The second-order valence-electron chi connectivity index (χ2n) is 6.34. The minimum absolute atomic E-state index is 0.0960. The number of hydrogen-bond acceptors (Lipinski definition) is 4. The third-order valence-corrected chi connectivity index (χ3v) is 3.18. The van der Waals surface area contributed by atoms with Crippen molar-refractivity contribution >= 4 is 17.8 Å². The van der Waals surface area contributed by atoms with E-state index in [0.29, 0.717) is 6.42 Å². The third-order valence-electron chi connectivity index (χ3n) is 3.18. The molecule has 0 radical (unpaired) electrons. The van der Waals surface area contributed by atoms with E-state index >= 15 is 0 Å². The lowest BCUT2D eigenvalue weighted by molar-refractivity contribution is -0.148. The van der Waals surface area contributed by atoms with E-state index in [1.54, 1.807) is 0 Å².